The van der Waals surface area contributed by atoms with Crippen molar-refractivity contribution in [3.63, 3.8) is 0 Å². The summed E-state index contributed by atoms with van der Waals surface area (Å²) < 4.78 is 25.4. The van der Waals surface area contributed by atoms with Gasteiger partial charge in [-0.2, -0.15) is 0 Å². The van der Waals surface area contributed by atoms with Crippen molar-refractivity contribution in [2.45, 2.75) is 37.0 Å². The molecule has 1 aliphatic rings. The van der Waals surface area contributed by atoms with Crippen LogP contribution in [0.2, 0.25) is 0 Å². The molecule has 3 unspecified atom stereocenters. The van der Waals surface area contributed by atoms with Crippen LogP contribution in [0.4, 0.5) is 0 Å². The summed E-state index contributed by atoms with van der Waals surface area (Å²) in [4.78, 5) is 4.40. The summed E-state index contributed by atoms with van der Waals surface area (Å²) >= 11 is 0. The fourth-order valence-electron chi connectivity index (χ4n) is 3.09. The molecule has 1 aliphatic carbocycles. The zero-order chi connectivity index (χ0) is 14.0. The van der Waals surface area contributed by atoms with E-state index in [0.717, 1.165) is 31.4 Å². The molecule has 0 aromatic carbocycles. The molecule has 2 rings (SSSR count). The normalized spacial score (nSPS) is 26.3. The number of nitrogens with one attached hydrogen (secondary N) is 1. The monoisotopic (exact) mass is 285 g/mol. The number of hydrogen-bond donors (Lipinski definition) is 1. The van der Waals surface area contributed by atoms with Gasteiger partial charge in [0.15, 0.2) is 0 Å². The minimum atomic E-state index is -2.93. The van der Waals surface area contributed by atoms with Crippen LogP contribution >= 0.6 is 0 Å². The minimum absolute atomic E-state index is 0.144. The number of sulfone groups is 1. The SMILES string of the molecule is CNC(c1cn(C)cn1)C1CCCC(S(C)(=O)=O)C1. The van der Waals surface area contributed by atoms with Crippen molar-refractivity contribution in [2.75, 3.05) is 13.3 Å². The molecule has 1 aromatic rings. The molecular formula is C13H23N3O2S. The molecule has 0 aliphatic heterocycles. The summed E-state index contributed by atoms with van der Waals surface area (Å²) in [6.07, 6.45) is 8.73. The number of nitrogens with zero attached hydrogens (tertiary/aromatic N) is 2. The molecular weight excluding hydrogens is 262 g/mol. The van der Waals surface area contributed by atoms with Gasteiger partial charge in [0.25, 0.3) is 0 Å². The van der Waals surface area contributed by atoms with Crippen molar-refractivity contribution < 1.29 is 8.42 Å². The fraction of sp³-hybridized carbons (Fsp3) is 0.769. The topological polar surface area (TPSA) is 64.0 Å². The van der Waals surface area contributed by atoms with Crippen LogP contribution in [-0.2, 0) is 16.9 Å². The van der Waals surface area contributed by atoms with Gasteiger partial charge in [-0.3, -0.25) is 0 Å². The van der Waals surface area contributed by atoms with Gasteiger partial charge in [0.05, 0.1) is 23.3 Å². The molecule has 1 saturated carbocycles. The van der Waals surface area contributed by atoms with Crippen LogP contribution in [0.5, 0.6) is 0 Å². The van der Waals surface area contributed by atoms with Gasteiger partial charge in [-0.1, -0.05) is 6.42 Å². The van der Waals surface area contributed by atoms with E-state index in [4.69, 9.17) is 0 Å². The zero-order valence-corrected chi connectivity index (χ0v) is 12.7. The van der Waals surface area contributed by atoms with Crippen molar-refractivity contribution in [2.24, 2.45) is 13.0 Å². The first kappa shape index (κ1) is 14.5. The first-order chi connectivity index (χ1) is 8.91. The molecule has 19 heavy (non-hydrogen) atoms. The lowest BCUT2D eigenvalue weighted by atomic mass is 9.82. The predicted octanol–water partition coefficient (Wildman–Crippen LogP) is 1.28. The van der Waals surface area contributed by atoms with E-state index in [1.165, 1.54) is 6.26 Å². The molecule has 1 N–H and O–H groups in total. The number of rotatable bonds is 4. The van der Waals surface area contributed by atoms with Crippen LogP contribution in [0, 0.1) is 5.92 Å². The van der Waals surface area contributed by atoms with Crippen LogP contribution in [0.3, 0.4) is 0 Å². The molecule has 1 fully saturated rings. The molecule has 1 aromatic heterocycles. The van der Waals surface area contributed by atoms with E-state index in [2.05, 4.69) is 10.3 Å². The standard InChI is InChI=1S/C13H23N3O2S/c1-14-13(12-8-16(2)9-15-12)10-5-4-6-11(7-10)19(3,17)18/h8-11,13-14H,4-7H2,1-3H3. The lowest BCUT2D eigenvalue weighted by Crippen LogP contribution is -2.34. The van der Waals surface area contributed by atoms with Crippen molar-refractivity contribution >= 4 is 9.84 Å². The van der Waals surface area contributed by atoms with E-state index in [1.54, 1.807) is 6.33 Å². The highest BCUT2D eigenvalue weighted by Crippen LogP contribution is 2.36. The number of aryl methyl sites for hydroxylation is 1. The summed E-state index contributed by atoms with van der Waals surface area (Å²) in [5, 5.41) is 3.11. The Morgan fingerprint density at radius 3 is 2.74 bits per heavy atom. The second kappa shape index (κ2) is 5.63. The molecule has 0 spiro atoms. The van der Waals surface area contributed by atoms with Gasteiger partial charge < -0.3 is 9.88 Å². The molecule has 1 heterocycles. The third-order valence-corrected chi connectivity index (χ3v) is 5.74. The summed E-state index contributed by atoms with van der Waals surface area (Å²) in [5.41, 5.74) is 1.00. The van der Waals surface area contributed by atoms with E-state index in [-0.39, 0.29) is 11.3 Å². The van der Waals surface area contributed by atoms with Gasteiger partial charge >= 0.3 is 0 Å². The van der Waals surface area contributed by atoms with Gasteiger partial charge in [-0.25, -0.2) is 13.4 Å². The van der Waals surface area contributed by atoms with Crippen molar-refractivity contribution in [3.8, 4) is 0 Å². The van der Waals surface area contributed by atoms with Crippen molar-refractivity contribution in [1.82, 2.24) is 14.9 Å². The van der Waals surface area contributed by atoms with Crippen molar-refractivity contribution in [3.05, 3.63) is 18.2 Å². The Bertz CT molecular complexity index is 524. The maximum Gasteiger partial charge on any atom is 0.150 e. The minimum Gasteiger partial charge on any atom is -0.340 e. The Morgan fingerprint density at radius 2 is 2.21 bits per heavy atom. The average molecular weight is 285 g/mol. The largest absolute Gasteiger partial charge is 0.340 e. The van der Waals surface area contributed by atoms with Crippen LogP contribution < -0.4 is 5.32 Å². The Hall–Kier alpha value is -0.880. The zero-order valence-electron chi connectivity index (χ0n) is 11.8. The molecule has 0 radical (unpaired) electrons. The molecule has 0 amide bonds. The maximum absolute atomic E-state index is 11.7. The molecule has 0 bridgehead atoms. The second-order valence-corrected chi connectivity index (χ2v) is 7.93. The van der Waals surface area contributed by atoms with E-state index >= 15 is 0 Å². The Balaban J connectivity index is 2.15. The molecule has 108 valence electrons. The number of hydrogen-bond acceptors (Lipinski definition) is 4. The Labute approximate surface area is 115 Å². The summed E-state index contributed by atoms with van der Waals surface area (Å²) in [7, 11) is 0.937. The first-order valence-corrected chi connectivity index (χ1v) is 8.71. The molecule has 6 heteroatoms. The van der Waals surface area contributed by atoms with Crippen LogP contribution in [0.15, 0.2) is 12.5 Å². The average Bonchev–Trinajstić information content (AvgIpc) is 2.76. The van der Waals surface area contributed by atoms with E-state index in [9.17, 15) is 8.42 Å². The molecule has 3 atom stereocenters. The van der Waals surface area contributed by atoms with E-state index < -0.39 is 9.84 Å². The lowest BCUT2D eigenvalue weighted by molar-refractivity contribution is 0.279. The van der Waals surface area contributed by atoms with Crippen LogP contribution in [-0.4, -0.2) is 36.5 Å². The smallest absolute Gasteiger partial charge is 0.150 e. The third-order valence-electron chi connectivity index (χ3n) is 4.10. The van der Waals surface area contributed by atoms with E-state index in [1.807, 2.05) is 24.9 Å². The van der Waals surface area contributed by atoms with E-state index in [0.29, 0.717) is 5.92 Å². The van der Waals surface area contributed by atoms with Gasteiger partial charge in [0.2, 0.25) is 0 Å². The molecule has 5 nitrogen and oxygen atoms in total. The summed E-state index contributed by atoms with van der Waals surface area (Å²) in [6.45, 7) is 0. The van der Waals surface area contributed by atoms with Crippen LogP contribution in [0.1, 0.15) is 37.4 Å². The molecule has 0 saturated heterocycles. The highest BCUT2D eigenvalue weighted by Gasteiger charge is 2.33. The Kier molecular flexibility index (Phi) is 4.30. The van der Waals surface area contributed by atoms with Crippen molar-refractivity contribution in [1.29, 1.82) is 0 Å². The maximum atomic E-state index is 11.7. The van der Waals surface area contributed by atoms with Gasteiger partial charge in [0.1, 0.15) is 9.84 Å². The lowest BCUT2D eigenvalue weighted by Gasteiger charge is -2.33. The predicted molar refractivity (Wildman–Crippen MR) is 75.6 cm³/mol. The number of aromatic nitrogens is 2. The third kappa shape index (κ3) is 3.36. The first-order valence-electron chi connectivity index (χ1n) is 6.76. The fourth-order valence-corrected chi connectivity index (χ4v) is 4.28. The highest BCUT2D eigenvalue weighted by molar-refractivity contribution is 7.91. The van der Waals surface area contributed by atoms with Gasteiger partial charge in [-0.05, 0) is 32.2 Å². The highest BCUT2D eigenvalue weighted by atomic mass is 32.2. The number of imidazole rings is 1. The van der Waals surface area contributed by atoms with Gasteiger partial charge in [0, 0.05) is 19.5 Å². The summed E-state index contributed by atoms with van der Waals surface area (Å²) in [6, 6.07) is 0.144. The summed E-state index contributed by atoms with van der Waals surface area (Å²) in [5.74, 6) is 0.341. The Morgan fingerprint density at radius 1 is 1.47 bits per heavy atom. The quantitative estimate of drug-likeness (QED) is 0.905. The van der Waals surface area contributed by atoms with Gasteiger partial charge in [-0.15, -0.1) is 0 Å². The second-order valence-electron chi connectivity index (χ2n) is 5.61. The van der Waals surface area contributed by atoms with Crippen LogP contribution in [0.25, 0.3) is 0 Å².